The first-order valence-electron chi connectivity index (χ1n) is 7.94. The van der Waals surface area contributed by atoms with Gasteiger partial charge in [-0.1, -0.05) is 30.3 Å². The molecule has 0 aromatic heterocycles. The van der Waals surface area contributed by atoms with Gasteiger partial charge >= 0.3 is 6.09 Å². The first kappa shape index (κ1) is 14.4. The van der Waals surface area contributed by atoms with Gasteiger partial charge in [-0.3, -0.25) is 0 Å². The lowest BCUT2D eigenvalue weighted by Crippen LogP contribution is -2.57. The van der Waals surface area contributed by atoms with Crippen LogP contribution in [0.25, 0.3) is 0 Å². The molecular formula is C17H24N2O2. The molecule has 2 aliphatic heterocycles. The number of nitrogens with one attached hydrogen (secondary N) is 1. The highest BCUT2D eigenvalue weighted by Crippen LogP contribution is 2.34. The number of carbonyl (C=O) groups is 1. The van der Waals surface area contributed by atoms with Crippen molar-refractivity contribution in [3.63, 3.8) is 0 Å². The van der Waals surface area contributed by atoms with E-state index in [0.717, 1.165) is 31.2 Å². The van der Waals surface area contributed by atoms with Gasteiger partial charge in [0.2, 0.25) is 0 Å². The normalized spacial score (nSPS) is 28.2. The Labute approximate surface area is 126 Å². The van der Waals surface area contributed by atoms with E-state index in [-0.39, 0.29) is 6.09 Å². The van der Waals surface area contributed by atoms with Gasteiger partial charge in [-0.15, -0.1) is 0 Å². The number of ether oxygens (including phenoxy) is 1. The molecular weight excluding hydrogens is 264 g/mol. The average Bonchev–Trinajstić information content (AvgIpc) is 2.52. The molecule has 2 fully saturated rings. The number of benzene rings is 1. The van der Waals surface area contributed by atoms with Gasteiger partial charge in [0.05, 0.1) is 0 Å². The number of fused-ring (bicyclic) bond motifs is 2. The van der Waals surface area contributed by atoms with E-state index in [4.69, 9.17) is 4.74 Å². The second-order valence-corrected chi connectivity index (χ2v) is 6.14. The van der Waals surface area contributed by atoms with Crippen LogP contribution in [-0.2, 0) is 11.3 Å². The lowest BCUT2D eigenvalue weighted by atomic mass is 9.82. The van der Waals surface area contributed by atoms with E-state index >= 15 is 0 Å². The Bertz CT molecular complexity index is 463. The lowest BCUT2D eigenvalue weighted by Gasteiger charge is -2.48. The predicted octanol–water partition coefficient (Wildman–Crippen LogP) is 2.93. The van der Waals surface area contributed by atoms with Gasteiger partial charge in [-0.25, -0.2) is 4.79 Å². The molecule has 2 bridgehead atoms. The number of amides is 1. The predicted molar refractivity (Wildman–Crippen MR) is 82.0 cm³/mol. The quantitative estimate of drug-likeness (QED) is 0.930. The number of nitrogens with zero attached hydrogens (tertiary/aromatic N) is 1. The maximum absolute atomic E-state index is 12.5. The van der Waals surface area contributed by atoms with E-state index in [1.165, 1.54) is 6.42 Å². The highest BCUT2D eigenvalue weighted by molar-refractivity contribution is 5.69. The summed E-state index contributed by atoms with van der Waals surface area (Å²) in [6, 6.07) is 11.1. The second kappa shape index (κ2) is 6.48. The first-order valence-corrected chi connectivity index (χ1v) is 7.94. The summed E-state index contributed by atoms with van der Waals surface area (Å²) in [7, 11) is 2.02. The van der Waals surface area contributed by atoms with Gasteiger partial charge in [0.1, 0.15) is 6.61 Å². The molecule has 0 radical (unpaired) electrons. The van der Waals surface area contributed by atoms with E-state index in [9.17, 15) is 4.79 Å². The van der Waals surface area contributed by atoms with Gasteiger partial charge in [-0.05, 0) is 44.7 Å². The smallest absolute Gasteiger partial charge is 0.410 e. The van der Waals surface area contributed by atoms with Gasteiger partial charge in [-0.2, -0.15) is 0 Å². The molecule has 1 aromatic rings. The van der Waals surface area contributed by atoms with E-state index in [0.29, 0.717) is 24.7 Å². The summed E-state index contributed by atoms with van der Waals surface area (Å²) in [5.41, 5.74) is 1.04. The molecule has 0 spiro atoms. The van der Waals surface area contributed by atoms with Gasteiger partial charge in [0, 0.05) is 18.1 Å². The molecule has 1 N–H and O–H groups in total. The van der Waals surface area contributed by atoms with Crippen molar-refractivity contribution >= 4 is 6.09 Å². The number of piperidine rings is 2. The van der Waals surface area contributed by atoms with Crippen molar-refractivity contribution in [3.8, 4) is 0 Å². The van der Waals surface area contributed by atoms with Crippen molar-refractivity contribution in [2.45, 2.75) is 56.8 Å². The maximum Gasteiger partial charge on any atom is 0.410 e. The van der Waals surface area contributed by atoms with Crippen molar-refractivity contribution in [2.24, 2.45) is 0 Å². The molecule has 4 nitrogen and oxygen atoms in total. The molecule has 4 heteroatoms. The third kappa shape index (κ3) is 3.21. The summed E-state index contributed by atoms with van der Waals surface area (Å²) in [4.78, 5) is 14.5. The van der Waals surface area contributed by atoms with Crippen molar-refractivity contribution in [1.29, 1.82) is 0 Å². The van der Waals surface area contributed by atoms with Crippen LogP contribution in [0.5, 0.6) is 0 Å². The number of rotatable bonds is 3. The lowest BCUT2D eigenvalue weighted by molar-refractivity contribution is 0.0113. The van der Waals surface area contributed by atoms with Gasteiger partial charge < -0.3 is 15.0 Å². The summed E-state index contributed by atoms with van der Waals surface area (Å²) < 4.78 is 5.54. The molecule has 2 atom stereocenters. The standard InChI is InChI=1S/C17H24N2O2/c1-18-14-10-15-8-5-9-16(11-14)19(15)17(20)21-12-13-6-3-2-4-7-13/h2-4,6-7,14-16,18H,5,8-12H2,1H3/t15-,16-/m1/s1. The number of hydrogen-bond acceptors (Lipinski definition) is 3. The summed E-state index contributed by atoms with van der Waals surface area (Å²) in [5.74, 6) is 0. The van der Waals surface area contributed by atoms with Crippen LogP contribution in [0.4, 0.5) is 4.79 Å². The maximum atomic E-state index is 12.5. The summed E-state index contributed by atoms with van der Waals surface area (Å²) in [6.45, 7) is 0.366. The zero-order chi connectivity index (χ0) is 14.7. The third-order valence-corrected chi connectivity index (χ3v) is 4.80. The summed E-state index contributed by atoms with van der Waals surface area (Å²) >= 11 is 0. The molecule has 0 aliphatic carbocycles. The van der Waals surface area contributed by atoms with Crippen LogP contribution in [-0.4, -0.2) is 36.2 Å². The Morgan fingerprint density at radius 2 is 1.90 bits per heavy atom. The molecule has 2 heterocycles. The molecule has 0 saturated carbocycles. The monoisotopic (exact) mass is 288 g/mol. The minimum atomic E-state index is -0.136. The van der Waals surface area contributed by atoms with Gasteiger partial charge in [0.25, 0.3) is 0 Å². The fourth-order valence-electron chi connectivity index (χ4n) is 3.71. The van der Waals surface area contributed by atoms with Crippen molar-refractivity contribution in [2.75, 3.05) is 7.05 Å². The largest absolute Gasteiger partial charge is 0.445 e. The molecule has 2 aliphatic rings. The topological polar surface area (TPSA) is 41.6 Å². The van der Waals surface area contributed by atoms with Crippen LogP contribution < -0.4 is 5.32 Å². The molecule has 114 valence electrons. The molecule has 21 heavy (non-hydrogen) atoms. The zero-order valence-corrected chi connectivity index (χ0v) is 12.6. The Kier molecular flexibility index (Phi) is 4.44. The van der Waals surface area contributed by atoms with Crippen molar-refractivity contribution in [1.82, 2.24) is 10.2 Å². The molecule has 2 saturated heterocycles. The Balaban J connectivity index is 1.61. The number of hydrogen-bond donors (Lipinski definition) is 1. The third-order valence-electron chi connectivity index (χ3n) is 4.80. The van der Waals surface area contributed by atoms with Crippen LogP contribution in [0.1, 0.15) is 37.7 Å². The Morgan fingerprint density at radius 3 is 2.52 bits per heavy atom. The van der Waals surface area contributed by atoms with Crippen LogP contribution in [0.3, 0.4) is 0 Å². The molecule has 3 rings (SSSR count). The SMILES string of the molecule is CNC1C[C@H]2CCC[C@H](C1)N2C(=O)OCc1ccccc1. The highest BCUT2D eigenvalue weighted by atomic mass is 16.6. The van der Waals surface area contributed by atoms with Crippen molar-refractivity contribution < 1.29 is 9.53 Å². The van der Waals surface area contributed by atoms with E-state index in [1.54, 1.807) is 0 Å². The molecule has 1 amide bonds. The van der Waals surface area contributed by atoms with E-state index < -0.39 is 0 Å². The second-order valence-electron chi connectivity index (χ2n) is 6.14. The molecule has 0 unspecified atom stereocenters. The van der Waals surface area contributed by atoms with Crippen molar-refractivity contribution in [3.05, 3.63) is 35.9 Å². The number of carbonyl (C=O) groups excluding carboxylic acids is 1. The summed E-state index contributed by atoms with van der Waals surface area (Å²) in [5, 5.41) is 3.37. The fraction of sp³-hybridized carbons (Fsp3) is 0.588. The zero-order valence-electron chi connectivity index (χ0n) is 12.6. The first-order chi connectivity index (χ1) is 10.3. The van der Waals surface area contributed by atoms with Crippen LogP contribution in [0.2, 0.25) is 0 Å². The van der Waals surface area contributed by atoms with E-state index in [1.807, 2.05) is 42.3 Å². The van der Waals surface area contributed by atoms with Gasteiger partial charge in [0.15, 0.2) is 0 Å². The minimum absolute atomic E-state index is 0.136. The fourth-order valence-corrected chi connectivity index (χ4v) is 3.71. The average molecular weight is 288 g/mol. The minimum Gasteiger partial charge on any atom is -0.445 e. The van der Waals surface area contributed by atoms with Crippen LogP contribution >= 0.6 is 0 Å². The summed E-state index contributed by atoms with van der Waals surface area (Å²) in [6.07, 6.45) is 5.40. The van der Waals surface area contributed by atoms with E-state index in [2.05, 4.69) is 5.32 Å². The molecule has 1 aromatic carbocycles. The Morgan fingerprint density at radius 1 is 1.24 bits per heavy atom. The Hall–Kier alpha value is -1.55. The van der Waals surface area contributed by atoms with Crippen LogP contribution in [0.15, 0.2) is 30.3 Å². The highest BCUT2D eigenvalue weighted by Gasteiger charge is 2.41. The van der Waals surface area contributed by atoms with Crippen LogP contribution in [0, 0.1) is 0 Å².